The van der Waals surface area contributed by atoms with Gasteiger partial charge in [-0.3, -0.25) is 4.79 Å². The topological polar surface area (TPSA) is 37.8 Å². The maximum atomic E-state index is 12.2. The van der Waals surface area contributed by atoms with E-state index in [9.17, 15) is 4.79 Å². The third-order valence-corrected chi connectivity index (χ3v) is 4.16. The molecule has 98 valence electrons. The minimum Gasteiger partial charge on any atom is -0.342 e. The van der Waals surface area contributed by atoms with Crippen LogP contribution in [-0.4, -0.2) is 9.55 Å². The molecule has 0 aliphatic carbocycles. The molecular weight excluding hydrogens is 272 g/mol. The molecule has 0 unspecified atom stereocenters. The fourth-order valence-electron chi connectivity index (χ4n) is 2.95. The smallest absolute Gasteiger partial charge is 0.256 e. The Bertz CT molecular complexity index is 1040. The number of aromatic amines is 1. The van der Waals surface area contributed by atoms with Gasteiger partial charge in [0.05, 0.1) is 21.6 Å². The molecule has 0 saturated carbocycles. The number of benzene rings is 2. The first kappa shape index (κ1) is 11.6. The summed E-state index contributed by atoms with van der Waals surface area (Å²) >= 11 is 6.32. The second-order valence-electron chi connectivity index (χ2n) is 4.92. The van der Waals surface area contributed by atoms with Crippen LogP contribution >= 0.6 is 11.6 Å². The van der Waals surface area contributed by atoms with Crippen LogP contribution in [0.25, 0.3) is 32.7 Å². The average Bonchev–Trinajstić information content (AvgIpc) is 2.74. The Kier molecular flexibility index (Phi) is 2.24. The number of aryl methyl sites for hydroxylation is 1. The van der Waals surface area contributed by atoms with Gasteiger partial charge >= 0.3 is 0 Å². The molecule has 4 aromatic rings. The lowest BCUT2D eigenvalue weighted by atomic mass is 10.1. The van der Waals surface area contributed by atoms with E-state index in [0.717, 1.165) is 27.3 Å². The van der Waals surface area contributed by atoms with Gasteiger partial charge in [-0.05, 0) is 18.2 Å². The summed E-state index contributed by atoms with van der Waals surface area (Å²) in [6.07, 6.45) is 0. The molecule has 0 atom stereocenters. The number of nitrogens with zero attached hydrogens (tertiary/aromatic N) is 1. The van der Waals surface area contributed by atoms with Crippen LogP contribution in [0.4, 0.5) is 0 Å². The van der Waals surface area contributed by atoms with Gasteiger partial charge in [-0.15, -0.1) is 0 Å². The summed E-state index contributed by atoms with van der Waals surface area (Å²) in [6, 6.07) is 13.4. The van der Waals surface area contributed by atoms with Gasteiger partial charge in [-0.1, -0.05) is 35.9 Å². The Hall–Kier alpha value is -2.26. The van der Waals surface area contributed by atoms with Gasteiger partial charge in [-0.2, -0.15) is 0 Å². The zero-order valence-electron chi connectivity index (χ0n) is 10.8. The minimum absolute atomic E-state index is 0.0829. The highest BCUT2D eigenvalue weighted by atomic mass is 35.5. The van der Waals surface area contributed by atoms with Crippen LogP contribution in [0.15, 0.2) is 47.3 Å². The van der Waals surface area contributed by atoms with E-state index < -0.39 is 0 Å². The summed E-state index contributed by atoms with van der Waals surface area (Å²) in [4.78, 5) is 15.2. The SMILES string of the molecule is Cn1c2cccc(Cl)c2c2[nH]c(=O)c3ccccc3c21. The van der Waals surface area contributed by atoms with E-state index in [1.807, 2.05) is 49.5 Å². The van der Waals surface area contributed by atoms with Crippen LogP contribution in [0.3, 0.4) is 0 Å². The monoisotopic (exact) mass is 282 g/mol. The van der Waals surface area contributed by atoms with Crippen LogP contribution in [0, 0.1) is 0 Å². The number of nitrogens with one attached hydrogen (secondary N) is 1. The largest absolute Gasteiger partial charge is 0.342 e. The average molecular weight is 283 g/mol. The Morgan fingerprint density at radius 1 is 1.05 bits per heavy atom. The van der Waals surface area contributed by atoms with E-state index in [4.69, 9.17) is 11.6 Å². The lowest BCUT2D eigenvalue weighted by Gasteiger charge is -2.02. The molecule has 0 radical (unpaired) electrons. The number of aromatic nitrogens is 2. The first-order valence-electron chi connectivity index (χ1n) is 6.36. The van der Waals surface area contributed by atoms with Gasteiger partial charge in [0.1, 0.15) is 0 Å². The summed E-state index contributed by atoms with van der Waals surface area (Å²) in [5, 5.41) is 3.19. The van der Waals surface area contributed by atoms with Crippen molar-refractivity contribution < 1.29 is 0 Å². The van der Waals surface area contributed by atoms with Crippen molar-refractivity contribution >= 4 is 44.3 Å². The van der Waals surface area contributed by atoms with Crippen molar-refractivity contribution in [3.8, 4) is 0 Å². The molecule has 0 bridgehead atoms. The highest BCUT2D eigenvalue weighted by molar-refractivity contribution is 6.38. The molecule has 3 nitrogen and oxygen atoms in total. The molecule has 2 aromatic heterocycles. The lowest BCUT2D eigenvalue weighted by Crippen LogP contribution is -2.06. The van der Waals surface area contributed by atoms with Crippen molar-refractivity contribution in [3.63, 3.8) is 0 Å². The molecule has 0 fully saturated rings. The molecule has 2 heterocycles. The van der Waals surface area contributed by atoms with Gasteiger partial charge < -0.3 is 9.55 Å². The molecule has 0 spiro atoms. The molecule has 20 heavy (non-hydrogen) atoms. The Balaban J connectivity index is 2.46. The van der Waals surface area contributed by atoms with Gasteiger partial charge in [-0.25, -0.2) is 0 Å². The Morgan fingerprint density at radius 2 is 1.80 bits per heavy atom. The molecule has 1 N–H and O–H groups in total. The third-order valence-electron chi connectivity index (χ3n) is 3.84. The van der Waals surface area contributed by atoms with Crippen LogP contribution in [0.2, 0.25) is 5.02 Å². The lowest BCUT2D eigenvalue weighted by molar-refractivity contribution is 1.02. The number of halogens is 1. The molecule has 2 aromatic carbocycles. The fourth-order valence-corrected chi connectivity index (χ4v) is 3.22. The van der Waals surface area contributed by atoms with Crippen molar-refractivity contribution in [3.05, 3.63) is 57.8 Å². The van der Waals surface area contributed by atoms with Crippen molar-refractivity contribution in [1.82, 2.24) is 9.55 Å². The van der Waals surface area contributed by atoms with E-state index in [0.29, 0.717) is 10.4 Å². The zero-order chi connectivity index (χ0) is 13.9. The highest BCUT2D eigenvalue weighted by Crippen LogP contribution is 2.34. The normalized spacial score (nSPS) is 11.7. The van der Waals surface area contributed by atoms with Gasteiger partial charge in [0.15, 0.2) is 0 Å². The summed E-state index contributed by atoms with van der Waals surface area (Å²) in [6.45, 7) is 0. The predicted octanol–water partition coefficient (Wildman–Crippen LogP) is 3.83. The van der Waals surface area contributed by atoms with Crippen LogP contribution in [0.1, 0.15) is 0 Å². The quantitative estimate of drug-likeness (QED) is 0.523. The van der Waals surface area contributed by atoms with Gasteiger partial charge in [0.2, 0.25) is 0 Å². The molecule has 4 heteroatoms. The first-order valence-corrected chi connectivity index (χ1v) is 6.74. The van der Waals surface area contributed by atoms with E-state index in [2.05, 4.69) is 9.55 Å². The van der Waals surface area contributed by atoms with Crippen LogP contribution in [-0.2, 0) is 7.05 Å². The van der Waals surface area contributed by atoms with E-state index in [1.165, 1.54) is 0 Å². The maximum absolute atomic E-state index is 12.2. The predicted molar refractivity (Wildman–Crippen MR) is 83.6 cm³/mol. The zero-order valence-corrected chi connectivity index (χ0v) is 11.5. The number of hydrogen-bond donors (Lipinski definition) is 1. The molecule has 0 aliphatic rings. The molecule has 4 rings (SSSR count). The molecule has 0 amide bonds. The van der Waals surface area contributed by atoms with E-state index >= 15 is 0 Å². The standard InChI is InChI=1S/C16H11ClN2O/c1-19-12-8-4-7-11(17)13(12)14-15(19)9-5-2-3-6-10(9)16(20)18-14/h2-8H,1H3,(H,18,20). The minimum atomic E-state index is -0.0829. The molecule has 0 aliphatic heterocycles. The molecular formula is C16H11ClN2O. The highest BCUT2D eigenvalue weighted by Gasteiger charge is 2.15. The Morgan fingerprint density at radius 3 is 2.60 bits per heavy atom. The Labute approximate surface area is 119 Å². The van der Waals surface area contributed by atoms with Crippen molar-refractivity contribution in [2.45, 2.75) is 0 Å². The van der Waals surface area contributed by atoms with E-state index in [1.54, 1.807) is 0 Å². The number of pyridine rings is 1. The van der Waals surface area contributed by atoms with Gasteiger partial charge in [0, 0.05) is 23.2 Å². The summed E-state index contributed by atoms with van der Waals surface area (Å²) in [7, 11) is 1.99. The third kappa shape index (κ3) is 1.33. The fraction of sp³-hybridized carbons (Fsp3) is 0.0625. The second kappa shape index (κ2) is 3.87. The summed E-state index contributed by atoms with van der Waals surface area (Å²) in [5.74, 6) is 0. The van der Waals surface area contributed by atoms with Crippen molar-refractivity contribution in [2.75, 3.05) is 0 Å². The summed E-state index contributed by atoms with van der Waals surface area (Å²) < 4.78 is 2.08. The van der Waals surface area contributed by atoms with Crippen LogP contribution in [0.5, 0.6) is 0 Å². The number of rotatable bonds is 0. The van der Waals surface area contributed by atoms with Crippen molar-refractivity contribution in [1.29, 1.82) is 0 Å². The van der Waals surface area contributed by atoms with Crippen molar-refractivity contribution in [2.24, 2.45) is 7.05 Å². The number of fused-ring (bicyclic) bond motifs is 5. The van der Waals surface area contributed by atoms with Gasteiger partial charge in [0.25, 0.3) is 5.56 Å². The summed E-state index contributed by atoms with van der Waals surface area (Å²) in [5.41, 5.74) is 2.74. The van der Waals surface area contributed by atoms with E-state index in [-0.39, 0.29) is 5.56 Å². The second-order valence-corrected chi connectivity index (χ2v) is 5.32. The molecule has 0 saturated heterocycles. The number of hydrogen-bond acceptors (Lipinski definition) is 1. The van der Waals surface area contributed by atoms with Crippen LogP contribution < -0.4 is 5.56 Å². The number of H-pyrrole nitrogens is 1. The maximum Gasteiger partial charge on any atom is 0.256 e. The first-order chi connectivity index (χ1) is 9.68.